The summed E-state index contributed by atoms with van der Waals surface area (Å²) in [7, 11) is 1.70. The van der Waals surface area contributed by atoms with Crippen molar-refractivity contribution in [1.82, 2.24) is 20.1 Å². The topological polar surface area (TPSA) is 52.0 Å². The number of nitrogens with zero attached hydrogens (tertiary/aromatic N) is 3. The molecule has 1 aromatic heterocycles. The first-order valence-corrected chi connectivity index (χ1v) is 7.34. The Hall–Kier alpha value is -1.88. The van der Waals surface area contributed by atoms with E-state index in [9.17, 15) is 0 Å². The van der Waals surface area contributed by atoms with E-state index in [0.29, 0.717) is 12.5 Å². The summed E-state index contributed by atoms with van der Waals surface area (Å²) >= 11 is 0. The minimum Gasteiger partial charge on any atom is -0.496 e. The Labute approximate surface area is 126 Å². The van der Waals surface area contributed by atoms with Crippen LogP contribution in [0.5, 0.6) is 5.75 Å². The SMILES string of the molecule is COc1ccccc1[C@@H](C)NCc1ncnn1CC(C)C. The number of benzene rings is 1. The molecule has 21 heavy (non-hydrogen) atoms. The van der Waals surface area contributed by atoms with Gasteiger partial charge in [-0.15, -0.1) is 0 Å². The Morgan fingerprint density at radius 2 is 2.00 bits per heavy atom. The molecule has 1 N–H and O–H groups in total. The lowest BCUT2D eigenvalue weighted by Crippen LogP contribution is -2.22. The van der Waals surface area contributed by atoms with Crippen LogP contribution in [0.1, 0.15) is 38.2 Å². The first-order valence-electron chi connectivity index (χ1n) is 7.34. The van der Waals surface area contributed by atoms with Gasteiger partial charge in [0.25, 0.3) is 0 Å². The molecule has 1 atom stereocenters. The van der Waals surface area contributed by atoms with E-state index in [1.54, 1.807) is 13.4 Å². The van der Waals surface area contributed by atoms with E-state index in [1.807, 2.05) is 22.9 Å². The molecule has 0 aliphatic heterocycles. The molecule has 0 bridgehead atoms. The number of methoxy groups -OCH3 is 1. The third-order valence-corrected chi connectivity index (χ3v) is 3.41. The highest BCUT2D eigenvalue weighted by molar-refractivity contribution is 5.35. The fourth-order valence-electron chi connectivity index (χ4n) is 2.30. The summed E-state index contributed by atoms with van der Waals surface area (Å²) in [5.74, 6) is 2.42. The average Bonchev–Trinajstić information content (AvgIpc) is 2.91. The number of rotatable bonds is 7. The Balaban J connectivity index is 2.01. The predicted molar refractivity (Wildman–Crippen MR) is 83.1 cm³/mol. The molecule has 2 rings (SSSR count). The van der Waals surface area contributed by atoms with Gasteiger partial charge in [-0.3, -0.25) is 0 Å². The summed E-state index contributed by atoms with van der Waals surface area (Å²) in [6.07, 6.45) is 1.62. The Kier molecular flexibility index (Phi) is 5.33. The predicted octanol–water partition coefficient (Wildman–Crippen LogP) is 2.79. The van der Waals surface area contributed by atoms with Crippen molar-refractivity contribution in [3.63, 3.8) is 0 Å². The first-order chi connectivity index (χ1) is 10.1. The Morgan fingerprint density at radius 3 is 2.71 bits per heavy atom. The number of hydrogen-bond donors (Lipinski definition) is 1. The van der Waals surface area contributed by atoms with Crippen molar-refractivity contribution in [2.75, 3.05) is 7.11 Å². The number of ether oxygens (including phenoxy) is 1. The van der Waals surface area contributed by atoms with Gasteiger partial charge in [0.1, 0.15) is 17.9 Å². The molecule has 0 spiro atoms. The fourth-order valence-corrected chi connectivity index (χ4v) is 2.30. The van der Waals surface area contributed by atoms with Crippen LogP contribution in [0.15, 0.2) is 30.6 Å². The number of nitrogens with one attached hydrogen (secondary N) is 1. The molecule has 0 radical (unpaired) electrons. The molecule has 0 saturated heterocycles. The van der Waals surface area contributed by atoms with Crippen molar-refractivity contribution >= 4 is 0 Å². The molecule has 2 aromatic rings. The Morgan fingerprint density at radius 1 is 1.24 bits per heavy atom. The van der Waals surface area contributed by atoms with Crippen LogP contribution >= 0.6 is 0 Å². The van der Waals surface area contributed by atoms with Crippen LogP contribution in [0.25, 0.3) is 0 Å². The van der Waals surface area contributed by atoms with E-state index >= 15 is 0 Å². The third kappa shape index (κ3) is 4.04. The van der Waals surface area contributed by atoms with Gasteiger partial charge in [-0.2, -0.15) is 5.10 Å². The summed E-state index contributed by atoms with van der Waals surface area (Å²) in [6.45, 7) is 8.06. The van der Waals surface area contributed by atoms with Crippen LogP contribution in [0.2, 0.25) is 0 Å². The second-order valence-corrected chi connectivity index (χ2v) is 5.60. The summed E-state index contributed by atoms with van der Waals surface area (Å²) in [6, 6.07) is 8.25. The van der Waals surface area contributed by atoms with Crippen molar-refractivity contribution in [1.29, 1.82) is 0 Å². The minimum absolute atomic E-state index is 0.186. The molecule has 5 heteroatoms. The van der Waals surface area contributed by atoms with Crippen LogP contribution in [0.4, 0.5) is 0 Å². The second-order valence-electron chi connectivity index (χ2n) is 5.60. The van der Waals surface area contributed by atoms with Gasteiger partial charge in [-0.25, -0.2) is 9.67 Å². The highest BCUT2D eigenvalue weighted by atomic mass is 16.5. The molecule has 0 unspecified atom stereocenters. The minimum atomic E-state index is 0.186. The zero-order valence-corrected chi connectivity index (χ0v) is 13.2. The van der Waals surface area contributed by atoms with Crippen molar-refractivity contribution in [2.45, 2.75) is 39.9 Å². The van der Waals surface area contributed by atoms with Gasteiger partial charge in [0.15, 0.2) is 0 Å². The van der Waals surface area contributed by atoms with Crippen LogP contribution in [-0.4, -0.2) is 21.9 Å². The second kappa shape index (κ2) is 7.22. The molecule has 0 aliphatic rings. The van der Waals surface area contributed by atoms with Crippen molar-refractivity contribution < 1.29 is 4.74 Å². The molecule has 0 amide bonds. The van der Waals surface area contributed by atoms with E-state index in [1.165, 1.54) is 0 Å². The number of aromatic nitrogens is 3. The average molecular weight is 288 g/mol. The monoisotopic (exact) mass is 288 g/mol. The maximum absolute atomic E-state index is 5.41. The normalized spacial score (nSPS) is 12.6. The number of para-hydroxylation sites is 1. The van der Waals surface area contributed by atoms with Crippen molar-refractivity contribution in [3.05, 3.63) is 42.0 Å². The molecule has 1 aromatic carbocycles. The molecule has 5 nitrogen and oxygen atoms in total. The van der Waals surface area contributed by atoms with E-state index in [2.05, 4.69) is 42.2 Å². The zero-order valence-electron chi connectivity index (χ0n) is 13.2. The maximum atomic E-state index is 5.41. The van der Waals surface area contributed by atoms with E-state index < -0.39 is 0 Å². The molecular weight excluding hydrogens is 264 g/mol. The first kappa shape index (κ1) is 15.5. The highest BCUT2D eigenvalue weighted by Crippen LogP contribution is 2.24. The lowest BCUT2D eigenvalue weighted by Gasteiger charge is -2.17. The molecule has 0 saturated carbocycles. The molecule has 1 heterocycles. The lowest BCUT2D eigenvalue weighted by molar-refractivity contribution is 0.399. The highest BCUT2D eigenvalue weighted by Gasteiger charge is 2.12. The fraction of sp³-hybridized carbons (Fsp3) is 0.500. The largest absolute Gasteiger partial charge is 0.496 e. The molecule has 0 aliphatic carbocycles. The third-order valence-electron chi connectivity index (χ3n) is 3.41. The van der Waals surface area contributed by atoms with Gasteiger partial charge in [-0.1, -0.05) is 32.0 Å². The van der Waals surface area contributed by atoms with Crippen LogP contribution in [-0.2, 0) is 13.1 Å². The number of hydrogen-bond acceptors (Lipinski definition) is 4. The maximum Gasteiger partial charge on any atom is 0.140 e. The smallest absolute Gasteiger partial charge is 0.140 e. The molecule has 0 fully saturated rings. The van der Waals surface area contributed by atoms with E-state index in [4.69, 9.17) is 4.74 Å². The van der Waals surface area contributed by atoms with Crippen LogP contribution in [0.3, 0.4) is 0 Å². The zero-order chi connectivity index (χ0) is 15.2. The molecular formula is C16H24N4O. The summed E-state index contributed by atoms with van der Waals surface area (Å²) in [5.41, 5.74) is 1.15. The molecule has 114 valence electrons. The standard InChI is InChI=1S/C16H24N4O/c1-12(2)10-20-16(18-11-19-20)9-17-13(3)14-7-5-6-8-15(14)21-4/h5-8,11-13,17H,9-10H2,1-4H3/t13-/m1/s1. The van der Waals surface area contributed by atoms with E-state index in [-0.39, 0.29) is 6.04 Å². The van der Waals surface area contributed by atoms with Crippen molar-refractivity contribution in [3.8, 4) is 5.75 Å². The summed E-state index contributed by atoms with van der Waals surface area (Å²) < 4.78 is 7.37. The van der Waals surface area contributed by atoms with Crippen LogP contribution in [0, 0.1) is 5.92 Å². The Bertz CT molecular complexity index is 565. The van der Waals surface area contributed by atoms with Gasteiger partial charge in [0.05, 0.1) is 13.7 Å². The summed E-state index contributed by atoms with van der Waals surface area (Å²) in [4.78, 5) is 4.34. The summed E-state index contributed by atoms with van der Waals surface area (Å²) in [5, 5.41) is 7.77. The van der Waals surface area contributed by atoms with Crippen molar-refractivity contribution in [2.24, 2.45) is 5.92 Å². The van der Waals surface area contributed by atoms with Gasteiger partial charge in [0.2, 0.25) is 0 Å². The van der Waals surface area contributed by atoms with Gasteiger partial charge in [-0.05, 0) is 18.9 Å². The lowest BCUT2D eigenvalue weighted by atomic mass is 10.1. The van der Waals surface area contributed by atoms with Gasteiger partial charge < -0.3 is 10.1 Å². The quantitative estimate of drug-likeness (QED) is 0.851. The van der Waals surface area contributed by atoms with Crippen LogP contribution < -0.4 is 10.1 Å². The van der Waals surface area contributed by atoms with E-state index in [0.717, 1.165) is 23.7 Å². The van der Waals surface area contributed by atoms with Gasteiger partial charge in [0, 0.05) is 18.2 Å². The van der Waals surface area contributed by atoms with Gasteiger partial charge >= 0.3 is 0 Å².